The number of aryl methyl sites for hydroxylation is 1. The second kappa shape index (κ2) is 9.55. The molecule has 10 heteroatoms. The number of nitro benzene ring substituents is 1. The molecule has 0 aliphatic carbocycles. The van der Waals surface area contributed by atoms with Crippen molar-refractivity contribution in [2.24, 2.45) is 0 Å². The monoisotopic (exact) mass is 433 g/mol. The molecule has 0 radical (unpaired) electrons. The third-order valence-electron chi connectivity index (χ3n) is 4.57. The minimum atomic E-state index is -0.829. The lowest BCUT2D eigenvalue weighted by Gasteiger charge is -2.28. The van der Waals surface area contributed by atoms with Crippen molar-refractivity contribution in [3.05, 3.63) is 62.7 Å². The Bertz CT molecular complexity index is 975. The number of amides is 1. The van der Waals surface area contributed by atoms with Crippen LogP contribution >= 0.6 is 11.6 Å². The fraction of sp³-hybridized carbons (Fsp3) is 0.300. The minimum Gasteiger partial charge on any atom is -0.452 e. The molecule has 1 amide bonds. The third-order valence-corrected chi connectivity index (χ3v) is 4.80. The van der Waals surface area contributed by atoms with E-state index in [1.165, 1.54) is 12.1 Å². The van der Waals surface area contributed by atoms with Gasteiger partial charge >= 0.3 is 5.97 Å². The average molecular weight is 434 g/mol. The predicted molar refractivity (Wildman–Crippen MR) is 111 cm³/mol. The smallest absolute Gasteiger partial charge is 0.338 e. The van der Waals surface area contributed by atoms with Gasteiger partial charge in [0, 0.05) is 29.9 Å². The highest BCUT2D eigenvalue weighted by molar-refractivity contribution is 6.31. The van der Waals surface area contributed by atoms with Gasteiger partial charge in [-0.3, -0.25) is 14.9 Å². The number of hydrogen-bond acceptors (Lipinski definition) is 7. The summed E-state index contributed by atoms with van der Waals surface area (Å²) in [6.45, 7) is 3.25. The minimum absolute atomic E-state index is 0.00885. The number of morpholine rings is 1. The number of rotatable bonds is 6. The van der Waals surface area contributed by atoms with Gasteiger partial charge in [0.2, 0.25) is 0 Å². The van der Waals surface area contributed by atoms with Crippen LogP contribution in [0.25, 0.3) is 0 Å². The van der Waals surface area contributed by atoms with Crippen molar-refractivity contribution in [1.82, 2.24) is 0 Å². The van der Waals surface area contributed by atoms with E-state index in [2.05, 4.69) is 5.32 Å². The summed E-state index contributed by atoms with van der Waals surface area (Å²) >= 11 is 5.91. The first-order valence-electron chi connectivity index (χ1n) is 9.19. The summed E-state index contributed by atoms with van der Waals surface area (Å²) in [7, 11) is 0. The number of nitro groups is 1. The molecule has 1 heterocycles. The van der Waals surface area contributed by atoms with E-state index in [0.29, 0.717) is 42.7 Å². The Morgan fingerprint density at radius 3 is 2.67 bits per heavy atom. The fourth-order valence-corrected chi connectivity index (χ4v) is 3.17. The number of ether oxygens (including phenoxy) is 2. The van der Waals surface area contributed by atoms with Gasteiger partial charge in [0.05, 0.1) is 23.7 Å². The molecule has 1 aliphatic heterocycles. The van der Waals surface area contributed by atoms with Crippen LogP contribution in [0.3, 0.4) is 0 Å². The normalized spacial score (nSPS) is 13.6. The molecular formula is C20H20ClN3O6. The topological polar surface area (TPSA) is 111 Å². The number of anilines is 2. The van der Waals surface area contributed by atoms with Crippen LogP contribution in [-0.4, -0.2) is 49.7 Å². The van der Waals surface area contributed by atoms with E-state index in [4.69, 9.17) is 21.1 Å². The highest BCUT2D eigenvalue weighted by Gasteiger charge is 2.24. The van der Waals surface area contributed by atoms with Crippen molar-refractivity contribution in [2.45, 2.75) is 6.92 Å². The number of halogens is 1. The molecule has 0 saturated carbocycles. The van der Waals surface area contributed by atoms with E-state index >= 15 is 0 Å². The first kappa shape index (κ1) is 21.5. The van der Waals surface area contributed by atoms with Crippen LogP contribution in [0.5, 0.6) is 0 Å². The summed E-state index contributed by atoms with van der Waals surface area (Å²) in [5.41, 5.74) is 1.51. The second-order valence-corrected chi connectivity index (χ2v) is 7.08. The van der Waals surface area contributed by atoms with E-state index in [0.717, 1.165) is 11.6 Å². The Labute approximate surface area is 177 Å². The van der Waals surface area contributed by atoms with Gasteiger partial charge in [0.25, 0.3) is 11.6 Å². The first-order valence-corrected chi connectivity index (χ1v) is 9.57. The lowest BCUT2D eigenvalue weighted by atomic mass is 10.1. The van der Waals surface area contributed by atoms with E-state index in [-0.39, 0.29) is 11.3 Å². The quantitative estimate of drug-likeness (QED) is 0.423. The maximum absolute atomic E-state index is 12.3. The van der Waals surface area contributed by atoms with Crippen molar-refractivity contribution in [3.8, 4) is 0 Å². The van der Waals surface area contributed by atoms with Crippen molar-refractivity contribution in [2.75, 3.05) is 43.1 Å². The number of carbonyl (C=O) groups is 2. The van der Waals surface area contributed by atoms with E-state index < -0.39 is 23.4 Å². The average Bonchev–Trinajstić information content (AvgIpc) is 2.74. The Kier molecular flexibility index (Phi) is 6.86. The second-order valence-electron chi connectivity index (χ2n) is 6.64. The van der Waals surface area contributed by atoms with Gasteiger partial charge < -0.3 is 19.7 Å². The molecule has 30 heavy (non-hydrogen) atoms. The van der Waals surface area contributed by atoms with Crippen molar-refractivity contribution in [1.29, 1.82) is 0 Å². The number of nitrogens with zero attached hydrogens (tertiary/aromatic N) is 2. The summed E-state index contributed by atoms with van der Waals surface area (Å²) in [6, 6.07) is 9.14. The van der Waals surface area contributed by atoms with Gasteiger partial charge in [-0.1, -0.05) is 17.7 Å². The number of esters is 1. The molecular weight excluding hydrogens is 414 g/mol. The number of benzene rings is 2. The van der Waals surface area contributed by atoms with Gasteiger partial charge in [-0.2, -0.15) is 0 Å². The fourth-order valence-electron chi connectivity index (χ4n) is 3.00. The van der Waals surface area contributed by atoms with E-state index in [1.807, 2.05) is 4.90 Å². The zero-order chi connectivity index (χ0) is 21.7. The maximum atomic E-state index is 12.3. The SMILES string of the molecule is Cc1ccc(Cl)cc1NC(=O)COC(=O)c1ccc(N2CCOCC2)c([N+](=O)[O-])c1. The zero-order valence-electron chi connectivity index (χ0n) is 16.2. The Balaban J connectivity index is 1.66. The summed E-state index contributed by atoms with van der Waals surface area (Å²) in [4.78, 5) is 37.2. The summed E-state index contributed by atoms with van der Waals surface area (Å²) in [5.74, 6) is -1.38. The molecule has 0 spiro atoms. The predicted octanol–water partition coefficient (Wildman–Crippen LogP) is 3.19. The largest absolute Gasteiger partial charge is 0.452 e. The molecule has 0 bridgehead atoms. The first-order chi connectivity index (χ1) is 14.3. The molecule has 0 unspecified atom stereocenters. The summed E-state index contributed by atoms with van der Waals surface area (Å²) < 4.78 is 10.3. The lowest BCUT2D eigenvalue weighted by Crippen LogP contribution is -2.36. The molecule has 158 valence electrons. The Hall–Kier alpha value is -3.17. The van der Waals surface area contributed by atoms with Crippen LogP contribution in [0, 0.1) is 17.0 Å². The number of hydrogen-bond donors (Lipinski definition) is 1. The van der Waals surface area contributed by atoms with Crippen LogP contribution in [-0.2, 0) is 14.3 Å². The van der Waals surface area contributed by atoms with E-state index in [9.17, 15) is 19.7 Å². The highest BCUT2D eigenvalue weighted by atomic mass is 35.5. The maximum Gasteiger partial charge on any atom is 0.338 e. The van der Waals surface area contributed by atoms with Crippen molar-refractivity contribution >= 4 is 40.5 Å². The van der Waals surface area contributed by atoms with Gasteiger partial charge in [-0.15, -0.1) is 0 Å². The standard InChI is InChI=1S/C20H20ClN3O6/c1-13-2-4-15(21)11-16(13)22-19(25)12-30-20(26)14-3-5-17(18(10-14)24(27)28)23-6-8-29-9-7-23/h2-5,10-11H,6-9,12H2,1H3,(H,22,25). The van der Waals surface area contributed by atoms with Gasteiger partial charge in [-0.05, 0) is 36.8 Å². The molecule has 2 aromatic rings. The number of carbonyl (C=O) groups excluding carboxylic acids is 2. The Morgan fingerprint density at radius 1 is 1.23 bits per heavy atom. The summed E-state index contributed by atoms with van der Waals surface area (Å²) in [5, 5.41) is 14.6. The van der Waals surface area contributed by atoms with Gasteiger partial charge in [-0.25, -0.2) is 4.79 Å². The van der Waals surface area contributed by atoms with Crippen LogP contribution in [0.2, 0.25) is 5.02 Å². The molecule has 1 fully saturated rings. The van der Waals surface area contributed by atoms with Crippen molar-refractivity contribution < 1.29 is 24.0 Å². The molecule has 0 aromatic heterocycles. The molecule has 1 N–H and O–H groups in total. The zero-order valence-corrected chi connectivity index (χ0v) is 17.0. The summed E-state index contributed by atoms with van der Waals surface area (Å²) in [6.07, 6.45) is 0. The van der Waals surface area contributed by atoms with Gasteiger partial charge in [0.1, 0.15) is 5.69 Å². The van der Waals surface area contributed by atoms with Crippen LogP contribution in [0.4, 0.5) is 17.1 Å². The molecule has 1 saturated heterocycles. The van der Waals surface area contributed by atoms with Crippen LogP contribution in [0.1, 0.15) is 15.9 Å². The van der Waals surface area contributed by atoms with Crippen molar-refractivity contribution in [3.63, 3.8) is 0 Å². The lowest BCUT2D eigenvalue weighted by molar-refractivity contribution is -0.384. The molecule has 3 rings (SSSR count). The van der Waals surface area contributed by atoms with E-state index in [1.54, 1.807) is 25.1 Å². The highest BCUT2D eigenvalue weighted by Crippen LogP contribution is 2.30. The van der Waals surface area contributed by atoms with Gasteiger partial charge in [0.15, 0.2) is 6.61 Å². The third kappa shape index (κ3) is 5.25. The van der Waals surface area contributed by atoms with Crippen LogP contribution < -0.4 is 10.2 Å². The number of nitrogens with one attached hydrogen (secondary N) is 1. The molecule has 0 atom stereocenters. The molecule has 9 nitrogen and oxygen atoms in total. The Morgan fingerprint density at radius 2 is 1.97 bits per heavy atom. The molecule has 2 aromatic carbocycles. The molecule has 1 aliphatic rings. The van der Waals surface area contributed by atoms with Crippen LogP contribution in [0.15, 0.2) is 36.4 Å².